The highest BCUT2D eigenvalue weighted by Gasteiger charge is 2.22. The molecule has 18 heavy (non-hydrogen) atoms. The third-order valence-electron chi connectivity index (χ3n) is 2.69. The van der Waals surface area contributed by atoms with Gasteiger partial charge in [0.1, 0.15) is 5.82 Å². The molecule has 4 nitrogen and oxygen atoms in total. The van der Waals surface area contributed by atoms with Crippen molar-refractivity contribution in [3.8, 4) is 0 Å². The molecule has 0 unspecified atom stereocenters. The lowest BCUT2D eigenvalue weighted by Gasteiger charge is -2.16. The van der Waals surface area contributed by atoms with Gasteiger partial charge in [0.15, 0.2) is 5.15 Å². The number of carbonyl (C=O) groups excluding carboxylic acids is 1. The number of rotatable bonds is 1. The molecule has 2 rings (SSSR count). The fourth-order valence-corrected chi connectivity index (χ4v) is 2.05. The summed E-state index contributed by atoms with van der Waals surface area (Å²) >= 11 is 6.12. The third kappa shape index (κ3) is 2.08. The predicted octanol–water partition coefficient (Wildman–Crippen LogP) is 3.07. The monoisotopic (exact) mass is 266 g/mol. The van der Waals surface area contributed by atoms with E-state index in [0.717, 1.165) is 5.82 Å². The number of nitrogens with zero attached hydrogens (tertiary/aromatic N) is 2. The number of hydrogen-bond acceptors (Lipinski definition) is 3. The number of hydrogen-bond donors (Lipinski definition) is 0. The lowest BCUT2D eigenvalue weighted by Crippen LogP contribution is -2.16. The molecule has 0 aliphatic heterocycles. The summed E-state index contributed by atoms with van der Waals surface area (Å²) in [6, 6.07) is 3.39. The largest absolute Gasteiger partial charge is 0.465 e. The number of methoxy groups -OCH3 is 1. The first-order chi connectivity index (χ1) is 8.34. The molecule has 2 aromatic heterocycles. The average molecular weight is 267 g/mol. The topological polar surface area (TPSA) is 43.6 Å². The number of halogens is 1. The van der Waals surface area contributed by atoms with E-state index in [1.165, 1.54) is 7.11 Å². The lowest BCUT2D eigenvalue weighted by molar-refractivity contribution is 0.0601. The van der Waals surface area contributed by atoms with Gasteiger partial charge in [-0.15, -0.1) is 0 Å². The first-order valence-corrected chi connectivity index (χ1v) is 5.99. The van der Waals surface area contributed by atoms with Crippen LogP contribution in [0.1, 0.15) is 37.0 Å². The van der Waals surface area contributed by atoms with Crippen LogP contribution in [0.4, 0.5) is 0 Å². The van der Waals surface area contributed by atoms with Gasteiger partial charge in [0, 0.05) is 11.6 Å². The number of esters is 1. The molecular formula is C13H15ClN2O2. The van der Waals surface area contributed by atoms with Gasteiger partial charge in [-0.25, -0.2) is 9.78 Å². The normalized spacial score (nSPS) is 11.8. The first kappa shape index (κ1) is 12.9. The molecule has 0 aliphatic rings. The zero-order valence-corrected chi connectivity index (χ0v) is 11.6. The number of fused-ring (bicyclic) bond motifs is 1. The van der Waals surface area contributed by atoms with E-state index in [1.807, 2.05) is 4.40 Å². The van der Waals surface area contributed by atoms with E-state index in [4.69, 9.17) is 11.6 Å². The second kappa shape index (κ2) is 4.28. The predicted molar refractivity (Wildman–Crippen MR) is 70.2 cm³/mol. The quantitative estimate of drug-likeness (QED) is 0.745. The van der Waals surface area contributed by atoms with Gasteiger partial charge in [-0.1, -0.05) is 32.4 Å². The van der Waals surface area contributed by atoms with E-state index in [2.05, 4.69) is 30.5 Å². The maximum Gasteiger partial charge on any atom is 0.337 e. The Morgan fingerprint density at radius 3 is 2.67 bits per heavy atom. The number of aromatic nitrogens is 2. The molecule has 0 atom stereocenters. The minimum atomic E-state index is -0.382. The molecule has 0 saturated heterocycles. The summed E-state index contributed by atoms with van der Waals surface area (Å²) < 4.78 is 6.59. The fourth-order valence-electron chi connectivity index (χ4n) is 1.82. The van der Waals surface area contributed by atoms with Crippen molar-refractivity contribution in [3.63, 3.8) is 0 Å². The minimum Gasteiger partial charge on any atom is -0.465 e. The molecule has 0 aromatic carbocycles. The Kier molecular flexibility index (Phi) is 3.07. The van der Waals surface area contributed by atoms with Gasteiger partial charge in [0.05, 0.1) is 18.2 Å². The molecule has 2 heterocycles. The summed E-state index contributed by atoms with van der Waals surface area (Å²) in [5.41, 5.74) is 1.06. The van der Waals surface area contributed by atoms with Crippen molar-refractivity contribution < 1.29 is 9.53 Å². The van der Waals surface area contributed by atoms with Gasteiger partial charge >= 0.3 is 5.97 Å². The van der Waals surface area contributed by atoms with Crippen LogP contribution in [0.15, 0.2) is 18.3 Å². The molecule has 0 aliphatic carbocycles. The van der Waals surface area contributed by atoms with Crippen LogP contribution in [0.25, 0.3) is 5.52 Å². The van der Waals surface area contributed by atoms with Crippen LogP contribution in [0, 0.1) is 0 Å². The molecule has 5 heteroatoms. The van der Waals surface area contributed by atoms with Crippen molar-refractivity contribution >= 4 is 23.1 Å². The highest BCUT2D eigenvalue weighted by Crippen LogP contribution is 2.27. The van der Waals surface area contributed by atoms with Crippen LogP contribution in [0.5, 0.6) is 0 Å². The minimum absolute atomic E-state index is 0.122. The maximum atomic E-state index is 11.5. The van der Waals surface area contributed by atoms with Crippen LogP contribution in [-0.4, -0.2) is 22.5 Å². The van der Waals surface area contributed by atoms with Crippen molar-refractivity contribution in [1.82, 2.24) is 9.38 Å². The molecule has 0 spiro atoms. The van der Waals surface area contributed by atoms with Gasteiger partial charge in [-0.05, 0) is 12.1 Å². The summed E-state index contributed by atoms with van der Waals surface area (Å²) in [6.07, 6.45) is 1.79. The highest BCUT2D eigenvalue weighted by atomic mass is 35.5. The molecule has 0 N–H and O–H groups in total. The second-order valence-electron chi connectivity index (χ2n) is 5.14. The van der Waals surface area contributed by atoms with Gasteiger partial charge in [-0.3, -0.25) is 0 Å². The molecule has 0 saturated carbocycles. The zero-order chi connectivity index (χ0) is 13.5. The SMILES string of the molecule is COC(=O)c1ccn2c(C(C)(C)C)nc(Cl)c2c1. The number of imidazole rings is 1. The number of ether oxygens (including phenoxy) is 1. The molecule has 0 fully saturated rings. The average Bonchev–Trinajstić information content (AvgIpc) is 2.65. The summed E-state index contributed by atoms with van der Waals surface area (Å²) in [7, 11) is 1.35. The third-order valence-corrected chi connectivity index (χ3v) is 2.97. The molecule has 2 aromatic rings. The van der Waals surface area contributed by atoms with Gasteiger partial charge in [0.2, 0.25) is 0 Å². The Balaban J connectivity index is 2.66. The molecular weight excluding hydrogens is 252 g/mol. The molecule has 0 radical (unpaired) electrons. The number of carbonyl (C=O) groups is 1. The van der Waals surface area contributed by atoms with E-state index in [0.29, 0.717) is 16.2 Å². The van der Waals surface area contributed by atoms with Gasteiger partial charge in [0.25, 0.3) is 0 Å². The summed E-state index contributed by atoms with van der Waals surface area (Å²) in [5, 5.41) is 0.394. The van der Waals surface area contributed by atoms with Crippen LogP contribution in [0.2, 0.25) is 5.15 Å². The standard InChI is InChI=1S/C13H15ClN2O2/c1-13(2,3)12-15-10(14)9-7-8(11(17)18-4)5-6-16(9)12/h5-7H,1-4H3. The van der Waals surface area contributed by atoms with Crippen molar-refractivity contribution in [3.05, 3.63) is 34.9 Å². The smallest absolute Gasteiger partial charge is 0.337 e. The number of pyridine rings is 1. The van der Waals surface area contributed by atoms with Crippen LogP contribution in [0.3, 0.4) is 0 Å². The molecule has 0 bridgehead atoms. The Morgan fingerprint density at radius 1 is 1.44 bits per heavy atom. The molecule has 0 amide bonds. The van der Waals surface area contributed by atoms with Crippen LogP contribution < -0.4 is 0 Å². The lowest BCUT2D eigenvalue weighted by atomic mass is 9.96. The van der Waals surface area contributed by atoms with E-state index in [-0.39, 0.29) is 11.4 Å². The van der Waals surface area contributed by atoms with Crippen LogP contribution in [-0.2, 0) is 10.2 Å². The van der Waals surface area contributed by atoms with Gasteiger partial charge in [-0.2, -0.15) is 0 Å². The maximum absolute atomic E-state index is 11.5. The van der Waals surface area contributed by atoms with Crippen LogP contribution >= 0.6 is 11.6 Å². The van der Waals surface area contributed by atoms with Crippen molar-refractivity contribution in [1.29, 1.82) is 0 Å². The highest BCUT2D eigenvalue weighted by molar-refractivity contribution is 6.32. The van der Waals surface area contributed by atoms with E-state index < -0.39 is 0 Å². The van der Waals surface area contributed by atoms with E-state index >= 15 is 0 Å². The van der Waals surface area contributed by atoms with E-state index in [9.17, 15) is 4.79 Å². The summed E-state index contributed by atoms with van der Waals surface area (Å²) in [6.45, 7) is 6.19. The Bertz CT molecular complexity index is 611. The molecule has 96 valence electrons. The Morgan fingerprint density at radius 2 is 2.11 bits per heavy atom. The Hall–Kier alpha value is -1.55. The van der Waals surface area contributed by atoms with E-state index in [1.54, 1.807) is 18.3 Å². The summed E-state index contributed by atoms with van der Waals surface area (Å²) in [4.78, 5) is 15.8. The Labute approximate surface area is 111 Å². The zero-order valence-electron chi connectivity index (χ0n) is 10.8. The van der Waals surface area contributed by atoms with Gasteiger partial charge < -0.3 is 9.14 Å². The van der Waals surface area contributed by atoms with Crippen molar-refractivity contribution in [2.24, 2.45) is 0 Å². The van der Waals surface area contributed by atoms with Crippen molar-refractivity contribution in [2.45, 2.75) is 26.2 Å². The second-order valence-corrected chi connectivity index (χ2v) is 5.50. The first-order valence-electron chi connectivity index (χ1n) is 5.61. The van der Waals surface area contributed by atoms with Crippen molar-refractivity contribution in [2.75, 3.05) is 7.11 Å². The fraction of sp³-hybridized carbons (Fsp3) is 0.385. The summed E-state index contributed by atoms with van der Waals surface area (Å²) in [5.74, 6) is 0.478.